The number of amides is 1. The van der Waals surface area contributed by atoms with Crippen LogP contribution in [0.1, 0.15) is 10.5 Å². The highest BCUT2D eigenvalue weighted by molar-refractivity contribution is 6.05. The number of nitrogens with zero attached hydrogens (tertiary/aromatic N) is 1. The standard InChI is InChI=1S/C14H9F2N3O/c15-9-3-4-11(10(16)7-9)19-14(20)12-6-8-2-1-5-17-13(8)18-12/h1-7H,(H,17,18)(H,19,20). The van der Waals surface area contributed by atoms with Gasteiger partial charge in [-0.05, 0) is 30.3 Å². The first-order valence-electron chi connectivity index (χ1n) is 5.83. The van der Waals surface area contributed by atoms with Gasteiger partial charge in [0.25, 0.3) is 5.91 Å². The molecule has 2 heterocycles. The molecule has 0 aliphatic heterocycles. The van der Waals surface area contributed by atoms with Crippen LogP contribution in [-0.2, 0) is 0 Å². The molecule has 2 aromatic heterocycles. The summed E-state index contributed by atoms with van der Waals surface area (Å²) in [5.41, 5.74) is 0.739. The number of H-pyrrole nitrogens is 1. The van der Waals surface area contributed by atoms with E-state index in [0.717, 1.165) is 11.5 Å². The van der Waals surface area contributed by atoms with Crippen molar-refractivity contribution in [3.63, 3.8) is 0 Å². The number of hydrogen-bond acceptors (Lipinski definition) is 2. The van der Waals surface area contributed by atoms with Crippen LogP contribution in [-0.4, -0.2) is 15.9 Å². The minimum Gasteiger partial charge on any atom is -0.335 e. The Hall–Kier alpha value is -2.76. The Kier molecular flexibility index (Phi) is 2.90. The Labute approximate surface area is 112 Å². The number of hydrogen-bond donors (Lipinski definition) is 2. The average molecular weight is 273 g/mol. The van der Waals surface area contributed by atoms with Crippen molar-refractivity contribution in [2.45, 2.75) is 0 Å². The van der Waals surface area contributed by atoms with Gasteiger partial charge in [0.15, 0.2) is 0 Å². The smallest absolute Gasteiger partial charge is 0.272 e. The predicted octanol–water partition coefficient (Wildman–Crippen LogP) is 3.09. The molecule has 3 rings (SSSR count). The molecule has 100 valence electrons. The summed E-state index contributed by atoms with van der Waals surface area (Å²) in [5.74, 6) is -2.04. The van der Waals surface area contributed by atoms with Gasteiger partial charge in [0, 0.05) is 17.6 Å². The Morgan fingerprint density at radius 2 is 2.05 bits per heavy atom. The van der Waals surface area contributed by atoms with Crippen molar-refractivity contribution < 1.29 is 13.6 Å². The highest BCUT2D eigenvalue weighted by atomic mass is 19.1. The third-order valence-electron chi connectivity index (χ3n) is 2.82. The van der Waals surface area contributed by atoms with Gasteiger partial charge in [0.1, 0.15) is 23.0 Å². The molecule has 0 atom stereocenters. The van der Waals surface area contributed by atoms with Gasteiger partial charge in [-0.3, -0.25) is 4.79 Å². The zero-order valence-corrected chi connectivity index (χ0v) is 10.2. The van der Waals surface area contributed by atoms with E-state index in [-0.39, 0.29) is 11.4 Å². The molecule has 0 aliphatic rings. The first-order chi connectivity index (χ1) is 9.63. The summed E-state index contributed by atoms with van der Waals surface area (Å²) < 4.78 is 26.2. The van der Waals surface area contributed by atoms with E-state index in [0.29, 0.717) is 11.7 Å². The third-order valence-corrected chi connectivity index (χ3v) is 2.82. The molecule has 6 heteroatoms. The van der Waals surface area contributed by atoms with Crippen molar-refractivity contribution in [3.8, 4) is 0 Å². The number of benzene rings is 1. The summed E-state index contributed by atoms with van der Waals surface area (Å²) >= 11 is 0. The number of aromatic nitrogens is 2. The summed E-state index contributed by atoms with van der Waals surface area (Å²) in [4.78, 5) is 18.9. The van der Waals surface area contributed by atoms with Crippen molar-refractivity contribution in [3.05, 3.63) is 59.9 Å². The molecule has 1 aromatic carbocycles. The van der Waals surface area contributed by atoms with Gasteiger partial charge < -0.3 is 10.3 Å². The fourth-order valence-electron chi connectivity index (χ4n) is 1.86. The van der Waals surface area contributed by atoms with E-state index in [2.05, 4.69) is 15.3 Å². The largest absolute Gasteiger partial charge is 0.335 e. The maximum atomic E-state index is 13.5. The molecule has 20 heavy (non-hydrogen) atoms. The number of fused-ring (bicyclic) bond motifs is 1. The predicted molar refractivity (Wildman–Crippen MR) is 70.4 cm³/mol. The van der Waals surface area contributed by atoms with Crippen molar-refractivity contribution >= 4 is 22.6 Å². The molecule has 4 nitrogen and oxygen atoms in total. The number of carbonyl (C=O) groups excluding carboxylic acids is 1. The van der Waals surface area contributed by atoms with Gasteiger partial charge in [-0.15, -0.1) is 0 Å². The van der Waals surface area contributed by atoms with Crippen LogP contribution in [0.15, 0.2) is 42.6 Å². The summed E-state index contributed by atoms with van der Waals surface area (Å²) in [6.45, 7) is 0. The third kappa shape index (κ3) is 2.23. The van der Waals surface area contributed by atoms with Gasteiger partial charge in [-0.1, -0.05) is 0 Å². The van der Waals surface area contributed by atoms with E-state index in [1.807, 2.05) is 0 Å². The van der Waals surface area contributed by atoms with E-state index in [4.69, 9.17) is 0 Å². The van der Waals surface area contributed by atoms with Gasteiger partial charge in [0.2, 0.25) is 0 Å². The molecule has 3 aromatic rings. The highest BCUT2D eigenvalue weighted by Gasteiger charge is 2.12. The number of carbonyl (C=O) groups is 1. The second kappa shape index (κ2) is 4.73. The van der Waals surface area contributed by atoms with E-state index in [9.17, 15) is 13.6 Å². The summed E-state index contributed by atoms with van der Waals surface area (Å²) in [6, 6.07) is 8.11. The van der Waals surface area contributed by atoms with Gasteiger partial charge in [-0.2, -0.15) is 0 Å². The first kappa shape index (κ1) is 12.3. The lowest BCUT2D eigenvalue weighted by molar-refractivity contribution is 0.102. The van der Waals surface area contributed by atoms with Crippen molar-refractivity contribution in [2.24, 2.45) is 0 Å². The van der Waals surface area contributed by atoms with E-state index < -0.39 is 17.5 Å². The Balaban J connectivity index is 1.89. The lowest BCUT2D eigenvalue weighted by Gasteiger charge is -2.04. The lowest BCUT2D eigenvalue weighted by atomic mass is 10.2. The minimum absolute atomic E-state index is 0.0805. The van der Waals surface area contributed by atoms with Crippen LogP contribution in [0.4, 0.5) is 14.5 Å². The monoisotopic (exact) mass is 273 g/mol. The number of halogens is 2. The number of aromatic amines is 1. The molecule has 0 radical (unpaired) electrons. The molecule has 0 aliphatic carbocycles. The van der Waals surface area contributed by atoms with Crippen molar-refractivity contribution in [1.82, 2.24) is 9.97 Å². The number of nitrogens with one attached hydrogen (secondary N) is 2. The van der Waals surface area contributed by atoms with Crippen LogP contribution in [0.25, 0.3) is 11.0 Å². The molecule has 0 unspecified atom stereocenters. The van der Waals surface area contributed by atoms with E-state index >= 15 is 0 Å². The van der Waals surface area contributed by atoms with Crippen molar-refractivity contribution in [1.29, 1.82) is 0 Å². The topological polar surface area (TPSA) is 57.8 Å². The zero-order chi connectivity index (χ0) is 14.1. The average Bonchev–Trinajstić information content (AvgIpc) is 2.86. The second-order valence-electron chi connectivity index (χ2n) is 4.20. The quantitative estimate of drug-likeness (QED) is 0.753. The van der Waals surface area contributed by atoms with Crippen LogP contribution < -0.4 is 5.32 Å². The highest BCUT2D eigenvalue weighted by Crippen LogP contribution is 2.17. The molecule has 0 saturated carbocycles. The zero-order valence-electron chi connectivity index (χ0n) is 10.2. The van der Waals surface area contributed by atoms with Gasteiger partial charge in [0.05, 0.1) is 5.69 Å². The van der Waals surface area contributed by atoms with Crippen LogP contribution in [0.2, 0.25) is 0 Å². The SMILES string of the molecule is O=C(Nc1ccc(F)cc1F)c1cc2cccnc2[nH]1. The van der Waals surface area contributed by atoms with Gasteiger partial charge >= 0.3 is 0 Å². The van der Waals surface area contributed by atoms with Crippen molar-refractivity contribution in [2.75, 3.05) is 5.32 Å². The molecule has 0 bridgehead atoms. The Morgan fingerprint density at radius 3 is 2.80 bits per heavy atom. The normalized spacial score (nSPS) is 10.7. The minimum atomic E-state index is -0.826. The molecular weight excluding hydrogens is 264 g/mol. The lowest BCUT2D eigenvalue weighted by Crippen LogP contribution is -2.13. The molecule has 0 spiro atoms. The maximum absolute atomic E-state index is 13.5. The molecule has 0 saturated heterocycles. The molecule has 2 N–H and O–H groups in total. The summed E-state index contributed by atoms with van der Waals surface area (Å²) in [5, 5.41) is 3.15. The van der Waals surface area contributed by atoms with Crippen LogP contribution >= 0.6 is 0 Å². The van der Waals surface area contributed by atoms with Crippen LogP contribution in [0.3, 0.4) is 0 Å². The fourth-order valence-corrected chi connectivity index (χ4v) is 1.86. The Morgan fingerprint density at radius 1 is 1.20 bits per heavy atom. The molecular formula is C14H9F2N3O. The second-order valence-corrected chi connectivity index (χ2v) is 4.20. The fraction of sp³-hybridized carbons (Fsp3) is 0. The van der Waals surface area contributed by atoms with E-state index in [1.54, 1.807) is 24.4 Å². The molecule has 0 fully saturated rings. The molecule has 1 amide bonds. The van der Waals surface area contributed by atoms with Gasteiger partial charge in [-0.25, -0.2) is 13.8 Å². The Bertz CT molecular complexity index is 765. The number of pyridine rings is 1. The van der Waals surface area contributed by atoms with Crippen LogP contribution in [0.5, 0.6) is 0 Å². The number of rotatable bonds is 2. The summed E-state index contributed by atoms with van der Waals surface area (Å²) in [6.07, 6.45) is 1.60. The van der Waals surface area contributed by atoms with Crippen LogP contribution in [0, 0.1) is 11.6 Å². The first-order valence-corrected chi connectivity index (χ1v) is 5.83. The number of anilines is 1. The van der Waals surface area contributed by atoms with E-state index in [1.165, 1.54) is 6.07 Å². The maximum Gasteiger partial charge on any atom is 0.272 e. The summed E-state index contributed by atoms with van der Waals surface area (Å²) in [7, 11) is 0.